The van der Waals surface area contributed by atoms with Crippen molar-refractivity contribution in [3.63, 3.8) is 0 Å². The van der Waals surface area contributed by atoms with E-state index < -0.39 is 29.6 Å². The molecule has 0 bridgehead atoms. The third-order valence-corrected chi connectivity index (χ3v) is 5.02. The Morgan fingerprint density at radius 2 is 1.68 bits per heavy atom. The van der Waals surface area contributed by atoms with Gasteiger partial charge in [0, 0.05) is 24.0 Å². The molecule has 0 aromatic heterocycles. The molecular formula is C25H27NO5. The van der Waals surface area contributed by atoms with E-state index in [4.69, 9.17) is 9.47 Å². The lowest BCUT2D eigenvalue weighted by Crippen LogP contribution is -2.45. The fraction of sp³-hybridized carbons (Fsp3) is 0.320. The summed E-state index contributed by atoms with van der Waals surface area (Å²) in [6, 6.07) is 15.6. The highest BCUT2D eigenvalue weighted by Crippen LogP contribution is 2.34. The Labute approximate surface area is 182 Å². The molecule has 2 amide bonds. The van der Waals surface area contributed by atoms with Gasteiger partial charge < -0.3 is 9.47 Å². The van der Waals surface area contributed by atoms with E-state index in [1.54, 1.807) is 58.2 Å². The van der Waals surface area contributed by atoms with Crippen LogP contribution in [0.25, 0.3) is 0 Å². The molecule has 0 N–H and O–H groups in total. The Balaban J connectivity index is 1.95. The molecule has 1 heterocycles. The average molecular weight is 421 g/mol. The molecule has 2 aromatic carbocycles. The van der Waals surface area contributed by atoms with Gasteiger partial charge in [0.05, 0.1) is 13.2 Å². The van der Waals surface area contributed by atoms with Gasteiger partial charge in [-0.1, -0.05) is 48.5 Å². The molecule has 2 atom stereocenters. The van der Waals surface area contributed by atoms with Crippen LogP contribution in [0.1, 0.15) is 49.0 Å². The Hall–Kier alpha value is -3.41. The number of ether oxygens (including phenoxy) is 2. The number of methoxy groups -OCH3 is 1. The van der Waals surface area contributed by atoms with Crippen molar-refractivity contribution in [3.05, 3.63) is 77.9 Å². The number of hydrogen-bond acceptors (Lipinski definition) is 5. The summed E-state index contributed by atoms with van der Waals surface area (Å²) in [5.41, 5.74) is 0.654. The summed E-state index contributed by atoms with van der Waals surface area (Å²) in [5, 5.41) is 0. The monoisotopic (exact) mass is 421 g/mol. The number of carbonyl (C=O) groups is 3. The second-order valence-electron chi connectivity index (χ2n) is 8.41. The van der Waals surface area contributed by atoms with E-state index in [1.807, 2.05) is 30.3 Å². The Morgan fingerprint density at radius 1 is 1.03 bits per heavy atom. The summed E-state index contributed by atoms with van der Waals surface area (Å²) in [7, 11) is 1.58. The van der Waals surface area contributed by atoms with Gasteiger partial charge in [0.2, 0.25) is 0 Å². The van der Waals surface area contributed by atoms with Crippen molar-refractivity contribution in [3.8, 4) is 5.75 Å². The van der Waals surface area contributed by atoms with Gasteiger partial charge in [-0.2, -0.15) is 0 Å². The first-order chi connectivity index (χ1) is 14.7. The lowest BCUT2D eigenvalue weighted by Gasteiger charge is -2.32. The van der Waals surface area contributed by atoms with Gasteiger partial charge in [0.25, 0.3) is 5.91 Å². The van der Waals surface area contributed by atoms with Crippen LogP contribution in [0.5, 0.6) is 5.75 Å². The summed E-state index contributed by atoms with van der Waals surface area (Å²) < 4.78 is 10.7. The molecule has 3 rings (SSSR count). The molecule has 0 saturated carbocycles. The molecule has 0 aliphatic carbocycles. The van der Waals surface area contributed by atoms with Crippen molar-refractivity contribution >= 4 is 17.8 Å². The molecule has 0 radical (unpaired) electrons. The Kier molecular flexibility index (Phi) is 6.59. The van der Waals surface area contributed by atoms with Crippen LogP contribution in [0.4, 0.5) is 4.79 Å². The maximum Gasteiger partial charge on any atom is 0.417 e. The normalized spacial score (nSPS) is 16.8. The third kappa shape index (κ3) is 5.40. The van der Waals surface area contributed by atoms with Crippen LogP contribution in [0.3, 0.4) is 0 Å². The smallest absolute Gasteiger partial charge is 0.417 e. The number of Topliss-reactive ketones (excluding diaryl/α,β-unsaturated/α-hetero) is 1. The van der Waals surface area contributed by atoms with E-state index in [2.05, 4.69) is 0 Å². The largest absolute Gasteiger partial charge is 0.497 e. The first-order valence-electron chi connectivity index (χ1n) is 10.2. The number of hydrogen-bond donors (Lipinski definition) is 0. The highest BCUT2D eigenvalue weighted by Gasteiger charge is 2.40. The SMILES string of the molecule is COc1ccc([C@H](CC(=O)c2ccccc2)[C@H]2C=CC(=O)N2C(=O)OC(C)(C)C)cc1. The zero-order chi connectivity index (χ0) is 22.6. The molecule has 1 aliphatic heterocycles. The van der Waals surface area contributed by atoms with Crippen molar-refractivity contribution < 1.29 is 23.9 Å². The van der Waals surface area contributed by atoms with Gasteiger partial charge >= 0.3 is 6.09 Å². The van der Waals surface area contributed by atoms with Crippen LogP contribution in [-0.4, -0.2) is 41.4 Å². The summed E-state index contributed by atoms with van der Waals surface area (Å²) in [6.07, 6.45) is 2.42. The maximum absolute atomic E-state index is 13.0. The number of imide groups is 1. The molecule has 6 heteroatoms. The second kappa shape index (κ2) is 9.16. The van der Waals surface area contributed by atoms with E-state index in [9.17, 15) is 14.4 Å². The van der Waals surface area contributed by atoms with E-state index in [0.29, 0.717) is 11.3 Å². The van der Waals surface area contributed by atoms with Gasteiger partial charge in [0.1, 0.15) is 11.4 Å². The zero-order valence-electron chi connectivity index (χ0n) is 18.2. The number of ketones is 1. The Morgan fingerprint density at radius 3 is 2.26 bits per heavy atom. The number of rotatable bonds is 6. The van der Waals surface area contributed by atoms with Crippen LogP contribution in [0.2, 0.25) is 0 Å². The van der Waals surface area contributed by atoms with E-state index >= 15 is 0 Å². The van der Waals surface area contributed by atoms with Crippen LogP contribution in [-0.2, 0) is 9.53 Å². The first kappa shape index (κ1) is 22.3. The second-order valence-corrected chi connectivity index (χ2v) is 8.41. The maximum atomic E-state index is 13.0. The van der Waals surface area contributed by atoms with Gasteiger partial charge in [-0.15, -0.1) is 0 Å². The highest BCUT2D eigenvalue weighted by molar-refractivity contribution is 6.02. The summed E-state index contributed by atoms with van der Waals surface area (Å²) >= 11 is 0. The van der Waals surface area contributed by atoms with Gasteiger partial charge in [0.15, 0.2) is 5.78 Å². The summed E-state index contributed by atoms with van der Waals surface area (Å²) in [5.74, 6) is -0.281. The zero-order valence-corrected chi connectivity index (χ0v) is 18.2. The van der Waals surface area contributed by atoms with Crippen LogP contribution in [0, 0.1) is 0 Å². The molecule has 2 aromatic rings. The minimum Gasteiger partial charge on any atom is -0.497 e. The van der Waals surface area contributed by atoms with Crippen LogP contribution in [0.15, 0.2) is 66.7 Å². The molecule has 31 heavy (non-hydrogen) atoms. The summed E-state index contributed by atoms with van der Waals surface area (Å²) in [6.45, 7) is 5.23. The number of benzene rings is 2. The lowest BCUT2D eigenvalue weighted by atomic mass is 9.85. The lowest BCUT2D eigenvalue weighted by molar-refractivity contribution is -0.125. The van der Waals surface area contributed by atoms with Crippen molar-refractivity contribution in [2.45, 2.75) is 44.8 Å². The minimum absolute atomic E-state index is 0.0710. The number of amides is 2. The molecule has 1 aliphatic rings. The predicted octanol–water partition coefficient (Wildman–Crippen LogP) is 4.75. The molecule has 162 valence electrons. The van der Waals surface area contributed by atoms with Crippen LogP contribution < -0.4 is 4.74 Å². The third-order valence-electron chi connectivity index (χ3n) is 5.02. The van der Waals surface area contributed by atoms with Crippen molar-refractivity contribution in [1.29, 1.82) is 0 Å². The number of carbonyl (C=O) groups excluding carboxylic acids is 3. The Bertz CT molecular complexity index is 973. The van der Waals surface area contributed by atoms with Crippen molar-refractivity contribution in [2.24, 2.45) is 0 Å². The van der Waals surface area contributed by atoms with Gasteiger partial charge in [-0.25, -0.2) is 9.69 Å². The van der Waals surface area contributed by atoms with Crippen molar-refractivity contribution in [2.75, 3.05) is 7.11 Å². The molecule has 0 unspecified atom stereocenters. The topological polar surface area (TPSA) is 72.9 Å². The van der Waals surface area contributed by atoms with Gasteiger partial charge in [-0.05, 0) is 38.5 Å². The quantitative estimate of drug-likeness (QED) is 0.629. The molecule has 0 saturated heterocycles. The molecule has 6 nitrogen and oxygen atoms in total. The average Bonchev–Trinajstić information content (AvgIpc) is 3.12. The fourth-order valence-corrected chi connectivity index (χ4v) is 3.56. The summed E-state index contributed by atoms with van der Waals surface area (Å²) in [4.78, 5) is 39.5. The fourth-order valence-electron chi connectivity index (χ4n) is 3.56. The van der Waals surface area contributed by atoms with Crippen LogP contribution >= 0.6 is 0 Å². The molecule has 0 fully saturated rings. The molecule has 0 spiro atoms. The minimum atomic E-state index is -0.750. The predicted molar refractivity (Wildman–Crippen MR) is 117 cm³/mol. The van der Waals surface area contributed by atoms with E-state index in [1.165, 1.54) is 6.08 Å². The van der Waals surface area contributed by atoms with Gasteiger partial charge in [-0.3, -0.25) is 9.59 Å². The first-order valence-corrected chi connectivity index (χ1v) is 10.2. The van der Waals surface area contributed by atoms with E-state index in [-0.39, 0.29) is 12.2 Å². The molecular weight excluding hydrogens is 394 g/mol. The number of nitrogens with zero attached hydrogens (tertiary/aromatic N) is 1. The standard InChI is InChI=1S/C25H27NO5/c1-25(2,3)31-24(29)26-21(14-15-23(26)28)20(17-10-12-19(30-4)13-11-17)16-22(27)18-8-6-5-7-9-18/h5-15,20-21H,16H2,1-4H3/t20-,21+/m0/s1. The van der Waals surface area contributed by atoms with E-state index in [0.717, 1.165) is 10.5 Å². The highest BCUT2D eigenvalue weighted by atomic mass is 16.6. The van der Waals surface area contributed by atoms with Crippen molar-refractivity contribution in [1.82, 2.24) is 4.90 Å².